The van der Waals surface area contributed by atoms with Crippen molar-refractivity contribution in [3.05, 3.63) is 29.6 Å². The van der Waals surface area contributed by atoms with Crippen LogP contribution in [0.15, 0.2) is 18.2 Å². The van der Waals surface area contributed by atoms with Crippen molar-refractivity contribution < 1.29 is 0 Å². The molecule has 88 valence electrons. The Hall–Kier alpha value is -1.86. The number of nitrogens with one attached hydrogen (secondary N) is 1. The van der Waals surface area contributed by atoms with E-state index >= 15 is 0 Å². The topological polar surface area (TPSA) is 55.7 Å². The van der Waals surface area contributed by atoms with E-state index in [4.69, 9.17) is 5.26 Å². The summed E-state index contributed by atoms with van der Waals surface area (Å²) in [5.41, 5.74) is 3.32. The third-order valence-electron chi connectivity index (χ3n) is 2.72. The van der Waals surface area contributed by atoms with Crippen LogP contribution in [0.4, 0.5) is 0 Å². The molecule has 1 heterocycles. The van der Waals surface area contributed by atoms with E-state index in [1.165, 1.54) is 5.56 Å². The van der Waals surface area contributed by atoms with Crippen LogP contribution >= 0.6 is 0 Å². The number of H-pyrrole nitrogens is 1. The molecule has 4 nitrogen and oxygen atoms in total. The molecule has 1 N–H and O–H groups in total. The zero-order chi connectivity index (χ0) is 12.3. The van der Waals surface area contributed by atoms with E-state index < -0.39 is 0 Å². The van der Waals surface area contributed by atoms with Crippen LogP contribution in [0, 0.1) is 18.3 Å². The Labute approximate surface area is 101 Å². The monoisotopic (exact) mass is 228 g/mol. The second kappa shape index (κ2) is 4.98. The highest BCUT2D eigenvalue weighted by Crippen LogP contribution is 2.14. The summed E-state index contributed by atoms with van der Waals surface area (Å²) >= 11 is 0. The predicted molar refractivity (Wildman–Crippen MR) is 67.4 cm³/mol. The van der Waals surface area contributed by atoms with Gasteiger partial charge in [0, 0.05) is 19.5 Å². The van der Waals surface area contributed by atoms with E-state index in [1.807, 2.05) is 20.0 Å². The highest BCUT2D eigenvalue weighted by molar-refractivity contribution is 5.75. The molecule has 0 fully saturated rings. The summed E-state index contributed by atoms with van der Waals surface area (Å²) in [4.78, 5) is 9.75. The maximum absolute atomic E-state index is 8.54. The minimum Gasteiger partial charge on any atom is -0.342 e. The van der Waals surface area contributed by atoms with Crippen LogP contribution in [0.25, 0.3) is 11.0 Å². The lowest BCUT2D eigenvalue weighted by Gasteiger charge is -2.14. The molecule has 0 amide bonds. The first-order valence-electron chi connectivity index (χ1n) is 5.70. The molecule has 0 bridgehead atoms. The van der Waals surface area contributed by atoms with Crippen LogP contribution in [0.2, 0.25) is 0 Å². The van der Waals surface area contributed by atoms with Crippen molar-refractivity contribution in [1.29, 1.82) is 5.26 Å². The Morgan fingerprint density at radius 1 is 1.47 bits per heavy atom. The van der Waals surface area contributed by atoms with E-state index in [9.17, 15) is 0 Å². The lowest BCUT2D eigenvalue weighted by Crippen LogP contribution is -2.18. The van der Waals surface area contributed by atoms with E-state index in [1.54, 1.807) is 0 Å². The quantitative estimate of drug-likeness (QED) is 0.873. The van der Waals surface area contributed by atoms with Crippen LogP contribution in [0.5, 0.6) is 0 Å². The largest absolute Gasteiger partial charge is 0.342 e. The third kappa shape index (κ3) is 2.83. The summed E-state index contributed by atoms with van der Waals surface area (Å²) in [6.45, 7) is 3.62. The molecule has 2 rings (SSSR count). The van der Waals surface area contributed by atoms with E-state index in [0.717, 1.165) is 29.9 Å². The molecule has 0 saturated heterocycles. The van der Waals surface area contributed by atoms with Gasteiger partial charge in [0.05, 0.1) is 17.1 Å². The molecular formula is C13H16N4. The number of rotatable bonds is 4. The summed E-state index contributed by atoms with van der Waals surface area (Å²) in [6, 6.07) is 8.41. The van der Waals surface area contributed by atoms with Crippen molar-refractivity contribution in [3.63, 3.8) is 0 Å². The number of nitriles is 1. The fourth-order valence-corrected chi connectivity index (χ4v) is 1.91. The van der Waals surface area contributed by atoms with Gasteiger partial charge in [-0.15, -0.1) is 0 Å². The van der Waals surface area contributed by atoms with Gasteiger partial charge in [0.25, 0.3) is 0 Å². The summed E-state index contributed by atoms with van der Waals surface area (Å²) in [5.74, 6) is 0.940. The van der Waals surface area contributed by atoms with Gasteiger partial charge in [-0.3, -0.25) is 0 Å². The first-order chi connectivity index (χ1) is 8.19. The highest BCUT2D eigenvalue weighted by atomic mass is 15.1. The first kappa shape index (κ1) is 11.6. The van der Waals surface area contributed by atoms with Gasteiger partial charge in [0.15, 0.2) is 0 Å². The fraction of sp³-hybridized carbons (Fsp3) is 0.385. The molecule has 0 aliphatic heterocycles. The summed E-state index contributed by atoms with van der Waals surface area (Å²) < 4.78 is 0. The molecule has 0 unspecified atom stereocenters. The van der Waals surface area contributed by atoms with Crippen LogP contribution in [-0.2, 0) is 6.54 Å². The molecule has 0 aliphatic rings. The lowest BCUT2D eigenvalue weighted by atomic mass is 10.2. The molecule has 0 spiro atoms. The second-order valence-electron chi connectivity index (χ2n) is 4.32. The highest BCUT2D eigenvalue weighted by Gasteiger charge is 2.03. The van der Waals surface area contributed by atoms with E-state index in [0.29, 0.717) is 6.42 Å². The van der Waals surface area contributed by atoms with Gasteiger partial charge < -0.3 is 9.88 Å². The molecule has 0 saturated carbocycles. The number of hydrogen-bond donors (Lipinski definition) is 1. The molecule has 4 heteroatoms. The molecule has 2 aromatic rings. The Bertz CT molecular complexity index is 550. The van der Waals surface area contributed by atoms with Crippen molar-refractivity contribution in [3.8, 4) is 6.07 Å². The molecule has 0 radical (unpaired) electrons. The summed E-state index contributed by atoms with van der Waals surface area (Å²) in [6.07, 6.45) is 0.571. The predicted octanol–water partition coefficient (Wildman–Crippen LogP) is 2.22. The van der Waals surface area contributed by atoms with Crippen LogP contribution in [-0.4, -0.2) is 28.5 Å². The van der Waals surface area contributed by atoms with Crippen molar-refractivity contribution in [2.75, 3.05) is 13.6 Å². The number of hydrogen-bond acceptors (Lipinski definition) is 3. The zero-order valence-corrected chi connectivity index (χ0v) is 10.2. The van der Waals surface area contributed by atoms with Gasteiger partial charge in [-0.25, -0.2) is 4.98 Å². The Balaban J connectivity index is 2.11. The average molecular weight is 228 g/mol. The van der Waals surface area contributed by atoms with Crippen LogP contribution < -0.4 is 0 Å². The van der Waals surface area contributed by atoms with Crippen molar-refractivity contribution >= 4 is 11.0 Å². The molecular weight excluding hydrogens is 212 g/mol. The minimum absolute atomic E-state index is 0.571. The Morgan fingerprint density at radius 2 is 2.29 bits per heavy atom. The average Bonchev–Trinajstić information content (AvgIpc) is 2.65. The maximum Gasteiger partial charge on any atom is 0.104 e. The minimum atomic E-state index is 0.571. The first-order valence-corrected chi connectivity index (χ1v) is 5.70. The Morgan fingerprint density at radius 3 is 3.06 bits per heavy atom. The fourth-order valence-electron chi connectivity index (χ4n) is 1.91. The smallest absolute Gasteiger partial charge is 0.104 e. The Kier molecular flexibility index (Phi) is 3.40. The van der Waals surface area contributed by atoms with Crippen LogP contribution in [0.3, 0.4) is 0 Å². The molecule has 0 atom stereocenters. The normalized spacial score (nSPS) is 10.9. The summed E-state index contributed by atoms with van der Waals surface area (Å²) in [5, 5.41) is 8.54. The number of benzene rings is 1. The molecule has 17 heavy (non-hydrogen) atoms. The molecule has 1 aromatic carbocycles. The lowest BCUT2D eigenvalue weighted by molar-refractivity contribution is 0.335. The number of aryl methyl sites for hydroxylation is 1. The van der Waals surface area contributed by atoms with Gasteiger partial charge in [0.2, 0.25) is 0 Å². The van der Waals surface area contributed by atoms with Crippen molar-refractivity contribution in [2.24, 2.45) is 0 Å². The summed E-state index contributed by atoms with van der Waals surface area (Å²) in [7, 11) is 2.03. The zero-order valence-electron chi connectivity index (χ0n) is 10.2. The van der Waals surface area contributed by atoms with Crippen molar-refractivity contribution in [1.82, 2.24) is 14.9 Å². The molecule has 0 aliphatic carbocycles. The number of fused-ring (bicyclic) bond motifs is 1. The number of nitrogens with zero attached hydrogens (tertiary/aromatic N) is 3. The standard InChI is InChI=1S/C13H16N4/c1-10-15-12-5-4-11(8-13(12)16-10)9-17(2)7-3-6-14/h4-5,8H,3,7,9H2,1-2H3,(H,15,16). The number of aromatic nitrogens is 2. The van der Waals surface area contributed by atoms with Gasteiger partial charge in [-0.1, -0.05) is 6.07 Å². The molecule has 1 aromatic heterocycles. The maximum atomic E-state index is 8.54. The SMILES string of the molecule is Cc1nc2ccc(CN(C)CCC#N)cc2[nH]1. The van der Waals surface area contributed by atoms with Gasteiger partial charge in [0.1, 0.15) is 5.82 Å². The van der Waals surface area contributed by atoms with Gasteiger partial charge in [-0.2, -0.15) is 5.26 Å². The number of imidazole rings is 1. The van der Waals surface area contributed by atoms with E-state index in [2.05, 4.69) is 33.1 Å². The van der Waals surface area contributed by atoms with E-state index in [-0.39, 0.29) is 0 Å². The number of aromatic amines is 1. The second-order valence-corrected chi connectivity index (χ2v) is 4.32. The van der Waals surface area contributed by atoms with Gasteiger partial charge in [-0.05, 0) is 31.7 Å². The van der Waals surface area contributed by atoms with Crippen molar-refractivity contribution in [2.45, 2.75) is 19.9 Å². The third-order valence-corrected chi connectivity index (χ3v) is 2.72. The van der Waals surface area contributed by atoms with Gasteiger partial charge >= 0.3 is 0 Å². The van der Waals surface area contributed by atoms with Crippen LogP contribution in [0.1, 0.15) is 17.8 Å².